The quantitative estimate of drug-likeness (QED) is 0.224. The highest BCUT2D eigenvalue weighted by molar-refractivity contribution is 6.51. The molecule has 0 aliphatic carbocycles. The fourth-order valence-corrected chi connectivity index (χ4v) is 2.71. The van der Waals surface area contributed by atoms with Crippen LogP contribution in [0.1, 0.15) is 40.5 Å². The number of hydrogen-bond acceptors (Lipinski definition) is 4. The van der Waals surface area contributed by atoms with E-state index < -0.39 is 5.97 Å². The summed E-state index contributed by atoms with van der Waals surface area (Å²) >= 11 is 0. The largest absolute Gasteiger partial charge is 0.478 e. The summed E-state index contributed by atoms with van der Waals surface area (Å²) in [4.78, 5) is 24.8. The van der Waals surface area contributed by atoms with Crippen LogP contribution in [0.3, 0.4) is 0 Å². The van der Waals surface area contributed by atoms with Crippen molar-refractivity contribution >= 4 is 23.5 Å². The molecule has 0 unspecified atom stereocenters. The zero-order chi connectivity index (χ0) is 24.3. The standard InChI is InChI=1S/C25H35N5O2/c1-9-14-27-25(26-8)30-22-19(7)20(10-2)21(15-17(5)24(31)32)29-23(22)28-18(6)13-11-12-16(3)4/h10-11,13,15-16H,5-7,9,12,14H2,1-4,8H3,(H,26,27)(H,28,29)(H,31,32)/b13-11-,20-10-,21-15+,30-22?. The molecule has 0 bridgehead atoms. The third kappa shape index (κ3) is 7.98. The minimum Gasteiger partial charge on any atom is -0.478 e. The maximum absolute atomic E-state index is 11.3. The van der Waals surface area contributed by atoms with Gasteiger partial charge in [0.2, 0.25) is 5.96 Å². The van der Waals surface area contributed by atoms with E-state index in [1.165, 1.54) is 6.08 Å². The Bertz CT molecular complexity index is 943. The lowest BCUT2D eigenvalue weighted by molar-refractivity contribution is -0.132. The maximum Gasteiger partial charge on any atom is 0.335 e. The van der Waals surface area contributed by atoms with Crippen LogP contribution < -0.4 is 10.6 Å². The topological polar surface area (TPSA) is 98.4 Å². The summed E-state index contributed by atoms with van der Waals surface area (Å²) in [6.45, 7) is 20.7. The highest BCUT2D eigenvalue weighted by atomic mass is 16.4. The summed E-state index contributed by atoms with van der Waals surface area (Å²) in [6, 6.07) is 0. The molecule has 7 nitrogen and oxygen atoms in total. The van der Waals surface area contributed by atoms with Gasteiger partial charge in [0.25, 0.3) is 0 Å². The molecular weight excluding hydrogens is 402 g/mol. The third-order valence-electron chi connectivity index (χ3n) is 4.39. The summed E-state index contributed by atoms with van der Waals surface area (Å²) in [7, 11) is 1.66. The van der Waals surface area contributed by atoms with Crippen molar-refractivity contribution in [3.05, 3.63) is 72.2 Å². The molecule has 0 radical (unpaired) electrons. The summed E-state index contributed by atoms with van der Waals surface area (Å²) in [5.74, 6) is 0.276. The van der Waals surface area contributed by atoms with Gasteiger partial charge in [0.05, 0.1) is 11.3 Å². The van der Waals surface area contributed by atoms with E-state index in [1.807, 2.05) is 25.2 Å². The summed E-state index contributed by atoms with van der Waals surface area (Å²) < 4.78 is 0. The van der Waals surface area contributed by atoms with Crippen LogP contribution in [-0.4, -0.2) is 42.2 Å². The van der Waals surface area contributed by atoms with Crippen LogP contribution in [-0.2, 0) is 4.79 Å². The number of hydrogen-bond donors (Lipinski definition) is 3. The zero-order valence-corrected chi connectivity index (χ0v) is 19.8. The predicted octanol–water partition coefficient (Wildman–Crippen LogP) is 4.56. The van der Waals surface area contributed by atoms with Crippen molar-refractivity contribution in [3.63, 3.8) is 0 Å². The van der Waals surface area contributed by atoms with Crippen molar-refractivity contribution in [1.29, 1.82) is 0 Å². The van der Waals surface area contributed by atoms with Gasteiger partial charge in [-0.25, -0.2) is 14.8 Å². The van der Waals surface area contributed by atoms with E-state index in [0.717, 1.165) is 19.4 Å². The lowest BCUT2D eigenvalue weighted by Crippen LogP contribution is -2.36. The first-order valence-electron chi connectivity index (χ1n) is 10.7. The van der Waals surface area contributed by atoms with Gasteiger partial charge in [-0.2, -0.15) is 0 Å². The van der Waals surface area contributed by atoms with Crippen molar-refractivity contribution in [1.82, 2.24) is 10.6 Å². The number of carbonyl (C=O) groups is 1. The fraction of sp³-hybridized carbons (Fsp3) is 0.360. The van der Waals surface area contributed by atoms with Crippen LogP contribution in [0.15, 0.2) is 87.1 Å². The molecule has 7 heteroatoms. The number of guanidine groups is 1. The molecule has 0 fully saturated rings. The average molecular weight is 438 g/mol. The summed E-state index contributed by atoms with van der Waals surface area (Å²) in [5.41, 5.74) is 2.74. The SMILES string of the molecule is C=C(/C=C\CC(C)C)NC1=NC(=C/C(=C)C(=O)O)/C(=C\C)C(=C)C1=NC(=NC)NCCC. The van der Waals surface area contributed by atoms with Gasteiger partial charge in [-0.3, -0.25) is 4.99 Å². The highest BCUT2D eigenvalue weighted by Gasteiger charge is 2.26. The molecule has 1 aliphatic rings. The van der Waals surface area contributed by atoms with Crippen LogP contribution in [0, 0.1) is 5.92 Å². The normalized spacial score (nSPS) is 18.6. The summed E-state index contributed by atoms with van der Waals surface area (Å²) in [6.07, 6.45) is 9.00. The van der Waals surface area contributed by atoms with E-state index in [0.29, 0.717) is 46.0 Å². The fourth-order valence-electron chi connectivity index (χ4n) is 2.71. The van der Waals surface area contributed by atoms with Gasteiger partial charge in [-0.15, -0.1) is 0 Å². The van der Waals surface area contributed by atoms with Crippen molar-refractivity contribution in [3.8, 4) is 0 Å². The van der Waals surface area contributed by atoms with Gasteiger partial charge < -0.3 is 15.7 Å². The molecule has 0 aromatic carbocycles. The summed E-state index contributed by atoms with van der Waals surface area (Å²) in [5, 5.41) is 15.6. The Morgan fingerprint density at radius 1 is 1.31 bits per heavy atom. The molecule has 0 aromatic heterocycles. The van der Waals surface area contributed by atoms with Gasteiger partial charge in [0, 0.05) is 30.4 Å². The van der Waals surface area contributed by atoms with Crippen molar-refractivity contribution in [2.45, 2.75) is 40.5 Å². The molecule has 3 N–H and O–H groups in total. The van der Waals surface area contributed by atoms with Gasteiger partial charge in [0.15, 0.2) is 5.84 Å². The number of aliphatic carboxylic acids is 1. The van der Waals surface area contributed by atoms with Crippen LogP contribution in [0.25, 0.3) is 0 Å². The number of amidine groups is 1. The highest BCUT2D eigenvalue weighted by Crippen LogP contribution is 2.27. The van der Waals surface area contributed by atoms with E-state index in [9.17, 15) is 9.90 Å². The van der Waals surface area contributed by atoms with E-state index >= 15 is 0 Å². The van der Waals surface area contributed by atoms with Crippen molar-refractivity contribution in [2.75, 3.05) is 13.6 Å². The van der Waals surface area contributed by atoms with Gasteiger partial charge in [0.1, 0.15) is 5.71 Å². The minimum absolute atomic E-state index is 0.0771. The smallest absolute Gasteiger partial charge is 0.335 e. The van der Waals surface area contributed by atoms with Crippen LogP contribution >= 0.6 is 0 Å². The molecular formula is C25H35N5O2. The number of carboxylic acid groups (broad SMARTS) is 1. The third-order valence-corrected chi connectivity index (χ3v) is 4.39. The Labute approximate surface area is 191 Å². The molecule has 0 amide bonds. The first-order valence-corrected chi connectivity index (χ1v) is 10.7. The van der Waals surface area contributed by atoms with Gasteiger partial charge in [-0.05, 0) is 37.8 Å². The second-order valence-electron chi connectivity index (χ2n) is 7.62. The Balaban J connectivity index is 3.52. The molecule has 1 aliphatic heterocycles. The lowest BCUT2D eigenvalue weighted by atomic mass is 9.94. The van der Waals surface area contributed by atoms with E-state index in [-0.39, 0.29) is 5.57 Å². The lowest BCUT2D eigenvalue weighted by Gasteiger charge is -2.23. The molecule has 0 saturated heterocycles. The number of allylic oxidation sites excluding steroid dienone is 4. The van der Waals surface area contributed by atoms with E-state index in [2.05, 4.69) is 66.1 Å². The number of rotatable bonds is 8. The molecule has 1 rings (SSSR count). The minimum atomic E-state index is -1.12. The second-order valence-corrected chi connectivity index (χ2v) is 7.62. The Morgan fingerprint density at radius 3 is 2.53 bits per heavy atom. The van der Waals surface area contributed by atoms with Gasteiger partial charge in [-0.1, -0.05) is 52.7 Å². The van der Waals surface area contributed by atoms with E-state index in [4.69, 9.17) is 0 Å². The zero-order valence-electron chi connectivity index (χ0n) is 19.8. The average Bonchev–Trinajstić information content (AvgIpc) is 2.72. The molecule has 1 heterocycles. The second kappa shape index (κ2) is 13.0. The number of nitrogens with zero attached hydrogens (tertiary/aromatic N) is 3. The maximum atomic E-state index is 11.3. The molecule has 0 saturated carbocycles. The number of nitrogens with one attached hydrogen (secondary N) is 2. The molecule has 0 aromatic rings. The predicted molar refractivity (Wildman–Crippen MR) is 135 cm³/mol. The molecule has 172 valence electrons. The first kappa shape index (κ1) is 26.6. The Kier molecular flexibility index (Phi) is 10.8. The monoisotopic (exact) mass is 437 g/mol. The van der Waals surface area contributed by atoms with Crippen molar-refractivity contribution in [2.24, 2.45) is 20.9 Å². The van der Waals surface area contributed by atoms with Crippen molar-refractivity contribution < 1.29 is 9.90 Å². The number of aliphatic imine (C=N–C) groups is 3. The van der Waals surface area contributed by atoms with Gasteiger partial charge >= 0.3 is 5.97 Å². The Morgan fingerprint density at radius 2 is 2.00 bits per heavy atom. The Hall–Kier alpha value is -3.48. The molecule has 0 atom stereocenters. The van der Waals surface area contributed by atoms with E-state index in [1.54, 1.807) is 7.05 Å². The van der Waals surface area contributed by atoms with Crippen LogP contribution in [0.2, 0.25) is 0 Å². The van der Waals surface area contributed by atoms with Crippen LogP contribution in [0.5, 0.6) is 0 Å². The number of carboxylic acids is 1. The first-order chi connectivity index (χ1) is 15.1. The molecule has 0 spiro atoms. The van der Waals surface area contributed by atoms with Crippen LogP contribution in [0.4, 0.5) is 0 Å². The molecule has 32 heavy (non-hydrogen) atoms.